The number of carbonyl (C=O) groups is 2. The molecule has 0 aliphatic carbocycles. The van der Waals surface area contributed by atoms with E-state index in [1.165, 1.54) is 18.7 Å². The molecule has 2 rings (SSSR count). The lowest BCUT2D eigenvalue weighted by molar-refractivity contribution is -0.143. The lowest BCUT2D eigenvalue weighted by Gasteiger charge is -2.31. The molecule has 2 amide bonds. The quantitative estimate of drug-likeness (QED) is 0.439. The summed E-state index contributed by atoms with van der Waals surface area (Å²) in [5.41, 5.74) is -3.13. The fourth-order valence-corrected chi connectivity index (χ4v) is 3.53. The number of rotatable bonds is 8. The van der Waals surface area contributed by atoms with Gasteiger partial charge >= 0.3 is 12.4 Å². The summed E-state index contributed by atoms with van der Waals surface area (Å²) in [6.45, 7) is 6.97. The van der Waals surface area contributed by atoms with Gasteiger partial charge in [0.15, 0.2) is 0 Å². The van der Waals surface area contributed by atoms with Crippen molar-refractivity contribution in [3.8, 4) is 0 Å². The van der Waals surface area contributed by atoms with Gasteiger partial charge in [-0.3, -0.25) is 9.59 Å². The van der Waals surface area contributed by atoms with Gasteiger partial charge in [-0.15, -0.1) is 0 Å². The first-order valence-corrected chi connectivity index (χ1v) is 11.0. The number of aromatic nitrogens is 1. The Morgan fingerprint density at radius 3 is 1.89 bits per heavy atom. The van der Waals surface area contributed by atoms with E-state index in [0.717, 1.165) is 10.6 Å². The Morgan fingerprint density at radius 1 is 0.943 bits per heavy atom. The molecule has 0 unspecified atom stereocenters. The van der Waals surface area contributed by atoms with Gasteiger partial charge in [-0.05, 0) is 50.1 Å². The van der Waals surface area contributed by atoms with Gasteiger partial charge in [0.05, 0.1) is 17.7 Å². The Morgan fingerprint density at radius 2 is 1.49 bits per heavy atom. The molecule has 194 valence electrons. The van der Waals surface area contributed by atoms with E-state index in [0.29, 0.717) is 18.7 Å². The van der Waals surface area contributed by atoms with Crippen LogP contribution in [0.1, 0.15) is 54.9 Å². The molecule has 0 saturated carbocycles. The van der Waals surface area contributed by atoms with Crippen LogP contribution in [-0.4, -0.2) is 45.3 Å². The average molecular weight is 506 g/mol. The summed E-state index contributed by atoms with van der Waals surface area (Å²) in [5.74, 6) is -1.47. The summed E-state index contributed by atoms with van der Waals surface area (Å²) in [7, 11) is 1.81. The number of nitrogens with zero attached hydrogens (tertiary/aromatic N) is 3. The Balaban J connectivity index is 2.40. The zero-order valence-electron chi connectivity index (χ0n) is 20.2. The lowest BCUT2D eigenvalue weighted by atomic mass is 10.0. The highest BCUT2D eigenvalue weighted by atomic mass is 19.4. The average Bonchev–Trinajstić information content (AvgIpc) is 3.13. The molecule has 1 heterocycles. The van der Waals surface area contributed by atoms with Gasteiger partial charge in [0, 0.05) is 37.1 Å². The van der Waals surface area contributed by atoms with Gasteiger partial charge in [0.2, 0.25) is 5.91 Å². The summed E-state index contributed by atoms with van der Waals surface area (Å²) in [6, 6.07) is 3.70. The van der Waals surface area contributed by atoms with E-state index in [4.69, 9.17) is 0 Å². The van der Waals surface area contributed by atoms with E-state index in [1.807, 2.05) is 43.8 Å². The minimum Gasteiger partial charge on any atom is -0.353 e. The van der Waals surface area contributed by atoms with Crippen molar-refractivity contribution in [1.82, 2.24) is 14.4 Å². The zero-order valence-corrected chi connectivity index (χ0v) is 20.2. The molecule has 0 N–H and O–H groups in total. The number of amides is 2. The molecule has 0 atom stereocenters. The minimum absolute atomic E-state index is 0.0358. The van der Waals surface area contributed by atoms with E-state index in [2.05, 4.69) is 0 Å². The molecule has 1 aromatic heterocycles. The van der Waals surface area contributed by atoms with Crippen molar-refractivity contribution in [3.63, 3.8) is 0 Å². The van der Waals surface area contributed by atoms with Crippen molar-refractivity contribution in [2.75, 3.05) is 13.1 Å². The molecular formula is C24H29F6N3O2. The predicted octanol–water partition coefficient (Wildman–Crippen LogP) is 5.60. The van der Waals surface area contributed by atoms with Crippen LogP contribution in [0.2, 0.25) is 0 Å². The monoisotopic (exact) mass is 505 g/mol. The van der Waals surface area contributed by atoms with E-state index >= 15 is 0 Å². The third-order valence-corrected chi connectivity index (χ3v) is 5.37. The summed E-state index contributed by atoms with van der Waals surface area (Å²) in [5, 5.41) is 0. The van der Waals surface area contributed by atoms with Gasteiger partial charge < -0.3 is 14.4 Å². The van der Waals surface area contributed by atoms with Crippen molar-refractivity contribution in [2.24, 2.45) is 13.0 Å². The number of halogens is 6. The zero-order chi connectivity index (χ0) is 26.7. The molecule has 1 aromatic carbocycles. The number of hydrogen-bond donors (Lipinski definition) is 0. The van der Waals surface area contributed by atoms with Crippen molar-refractivity contribution in [1.29, 1.82) is 0 Å². The first-order chi connectivity index (χ1) is 16.0. The maximum Gasteiger partial charge on any atom is 0.416 e. The van der Waals surface area contributed by atoms with Crippen LogP contribution in [-0.2, 0) is 30.7 Å². The van der Waals surface area contributed by atoms with Crippen molar-refractivity contribution in [2.45, 2.75) is 52.6 Å². The third kappa shape index (κ3) is 7.50. The highest BCUT2D eigenvalue weighted by molar-refractivity contribution is 5.97. The van der Waals surface area contributed by atoms with Crippen LogP contribution in [0.3, 0.4) is 0 Å². The highest BCUT2D eigenvalue weighted by Gasteiger charge is 2.38. The smallest absolute Gasteiger partial charge is 0.353 e. The number of carbonyl (C=O) groups excluding carboxylic acids is 2. The molecule has 0 radical (unpaired) electrons. The van der Waals surface area contributed by atoms with E-state index in [-0.39, 0.29) is 18.5 Å². The van der Waals surface area contributed by atoms with Gasteiger partial charge in [-0.1, -0.05) is 13.8 Å². The topological polar surface area (TPSA) is 45.6 Å². The first-order valence-electron chi connectivity index (χ1n) is 11.0. The van der Waals surface area contributed by atoms with Crippen LogP contribution in [0.5, 0.6) is 0 Å². The van der Waals surface area contributed by atoms with Gasteiger partial charge in [0.1, 0.15) is 6.54 Å². The molecule has 0 spiro atoms. The van der Waals surface area contributed by atoms with Gasteiger partial charge in [0.25, 0.3) is 5.91 Å². The van der Waals surface area contributed by atoms with Crippen molar-refractivity contribution >= 4 is 11.8 Å². The fraction of sp³-hybridized carbons (Fsp3) is 0.500. The predicted molar refractivity (Wildman–Crippen MR) is 118 cm³/mol. The Bertz CT molecular complexity index is 1010. The SMILES string of the molecule is CC(C)CN(Cc1cccn1C)C(=O)CN(C(=O)c1cc(C(F)(F)F)cc(C(F)(F)F)c1)C(C)C. The molecule has 0 saturated heterocycles. The van der Waals surface area contributed by atoms with Crippen molar-refractivity contribution in [3.05, 3.63) is 58.9 Å². The Hall–Kier alpha value is -2.98. The number of hydrogen-bond acceptors (Lipinski definition) is 2. The van der Waals surface area contributed by atoms with E-state index < -0.39 is 53.4 Å². The summed E-state index contributed by atoms with van der Waals surface area (Å²) < 4.78 is 81.4. The number of benzene rings is 1. The Kier molecular flexibility index (Phi) is 8.67. The highest BCUT2D eigenvalue weighted by Crippen LogP contribution is 2.36. The van der Waals surface area contributed by atoms with Crippen LogP contribution in [0.15, 0.2) is 36.5 Å². The van der Waals surface area contributed by atoms with E-state index in [1.54, 1.807) is 0 Å². The van der Waals surface area contributed by atoms with Crippen LogP contribution in [0, 0.1) is 5.92 Å². The Labute approximate surface area is 200 Å². The maximum atomic E-state index is 13.3. The second kappa shape index (κ2) is 10.7. The molecule has 0 bridgehead atoms. The largest absolute Gasteiger partial charge is 0.416 e. The first kappa shape index (κ1) is 28.3. The summed E-state index contributed by atoms with van der Waals surface area (Å²) in [6.07, 6.45) is -8.36. The molecule has 2 aromatic rings. The van der Waals surface area contributed by atoms with Crippen molar-refractivity contribution < 1.29 is 35.9 Å². The van der Waals surface area contributed by atoms with Crippen LogP contribution in [0.25, 0.3) is 0 Å². The summed E-state index contributed by atoms with van der Waals surface area (Å²) in [4.78, 5) is 28.8. The van der Waals surface area contributed by atoms with Crippen LogP contribution in [0.4, 0.5) is 26.3 Å². The lowest BCUT2D eigenvalue weighted by Crippen LogP contribution is -2.46. The number of alkyl halides is 6. The molecule has 0 aliphatic heterocycles. The van der Waals surface area contributed by atoms with Gasteiger partial charge in [-0.25, -0.2) is 0 Å². The fourth-order valence-electron chi connectivity index (χ4n) is 3.53. The second-order valence-electron chi connectivity index (χ2n) is 9.10. The standard InChI is InChI=1S/C24H29F6N3O2/c1-15(2)12-32(13-20-7-6-8-31(20)5)21(34)14-33(16(3)4)22(35)17-9-18(23(25,26)27)11-19(10-17)24(28,29)30/h6-11,15-16H,12-14H2,1-5H3. The normalized spacial score (nSPS) is 12.4. The summed E-state index contributed by atoms with van der Waals surface area (Å²) >= 11 is 0. The molecule has 5 nitrogen and oxygen atoms in total. The van der Waals surface area contributed by atoms with Crippen LogP contribution >= 0.6 is 0 Å². The minimum atomic E-state index is -5.09. The van der Waals surface area contributed by atoms with Gasteiger partial charge in [-0.2, -0.15) is 26.3 Å². The van der Waals surface area contributed by atoms with E-state index in [9.17, 15) is 35.9 Å². The maximum absolute atomic E-state index is 13.3. The molecule has 35 heavy (non-hydrogen) atoms. The third-order valence-electron chi connectivity index (χ3n) is 5.37. The van der Waals surface area contributed by atoms with Crippen LogP contribution < -0.4 is 0 Å². The number of aryl methyl sites for hydroxylation is 1. The molecular weight excluding hydrogens is 476 g/mol. The molecule has 0 aliphatic rings. The molecule has 0 fully saturated rings. The second-order valence-corrected chi connectivity index (χ2v) is 9.10. The molecule has 11 heteroatoms.